The molecule has 8 heteroatoms. The molecule has 0 unspecified atom stereocenters. The van der Waals surface area contributed by atoms with Crippen LogP contribution in [-0.2, 0) is 4.79 Å². The van der Waals surface area contributed by atoms with Gasteiger partial charge in [0.05, 0.1) is 4.92 Å². The second kappa shape index (κ2) is 9.49. The summed E-state index contributed by atoms with van der Waals surface area (Å²) in [5.74, 6) is -1.03. The van der Waals surface area contributed by atoms with E-state index in [4.69, 9.17) is 11.6 Å². The molecule has 0 saturated carbocycles. The Morgan fingerprint density at radius 1 is 0.900 bits per heavy atom. The fourth-order valence-corrected chi connectivity index (χ4v) is 2.66. The third kappa shape index (κ3) is 5.52. The van der Waals surface area contributed by atoms with E-state index in [1.54, 1.807) is 54.6 Å². The lowest BCUT2D eigenvalue weighted by molar-refractivity contribution is -0.384. The Kier molecular flexibility index (Phi) is 6.56. The number of hydrogen-bond acceptors (Lipinski definition) is 4. The lowest BCUT2D eigenvalue weighted by Crippen LogP contribution is -2.30. The normalized spacial score (nSPS) is 10.9. The number of non-ortho nitro benzene ring substituents is 1. The molecule has 3 aromatic carbocycles. The second-order valence-corrected chi connectivity index (χ2v) is 6.62. The first-order valence-electron chi connectivity index (χ1n) is 8.82. The first-order chi connectivity index (χ1) is 14.4. The van der Waals surface area contributed by atoms with Crippen molar-refractivity contribution in [2.75, 3.05) is 5.32 Å². The third-order valence-electron chi connectivity index (χ3n) is 4.05. The molecule has 150 valence electrons. The number of nitro benzene ring substituents is 1. The van der Waals surface area contributed by atoms with Gasteiger partial charge in [-0.1, -0.05) is 41.9 Å². The summed E-state index contributed by atoms with van der Waals surface area (Å²) in [6.45, 7) is 0. The Morgan fingerprint density at radius 2 is 1.53 bits per heavy atom. The molecule has 0 radical (unpaired) electrons. The van der Waals surface area contributed by atoms with Crippen molar-refractivity contribution in [1.29, 1.82) is 0 Å². The largest absolute Gasteiger partial charge is 0.321 e. The first kappa shape index (κ1) is 20.8. The van der Waals surface area contributed by atoms with Gasteiger partial charge in [-0.15, -0.1) is 0 Å². The number of nitrogens with one attached hydrogen (secondary N) is 2. The van der Waals surface area contributed by atoms with Crippen LogP contribution in [0.5, 0.6) is 0 Å². The maximum atomic E-state index is 12.8. The highest BCUT2D eigenvalue weighted by Crippen LogP contribution is 2.17. The van der Waals surface area contributed by atoms with Crippen molar-refractivity contribution >= 4 is 40.9 Å². The molecule has 0 spiro atoms. The van der Waals surface area contributed by atoms with Gasteiger partial charge < -0.3 is 10.6 Å². The van der Waals surface area contributed by atoms with Gasteiger partial charge in [0, 0.05) is 28.4 Å². The predicted molar refractivity (Wildman–Crippen MR) is 115 cm³/mol. The molecule has 0 aromatic heterocycles. The number of nitro groups is 1. The molecule has 0 atom stereocenters. The lowest BCUT2D eigenvalue weighted by Gasteiger charge is -2.11. The van der Waals surface area contributed by atoms with E-state index in [1.807, 2.05) is 0 Å². The molecule has 0 aliphatic heterocycles. The molecule has 0 saturated heterocycles. The van der Waals surface area contributed by atoms with Crippen LogP contribution >= 0.6 is 11.6 Å². The Bertz CT molecular complexity index is 1100. The Hall–Kier alpha value is -3.97. The maximum absolute atomic E-state index is 12.8. The highest BCUT2D eigenvalue weighted by Gasteiger charge is 2.15. The van der Waals surface area contributed by atoms with Crippen LogP contribution in [0, 0.1) is 10.1 Å². The van der Waals surface area contributed by atoms with Crippen molar-refractivity contribution in [3.63, 3.8) is 0 Å². The molecule has 0 bridgehead atoms. The zero-order chi connectivity index (χ0) is 21.5. The van der Waals surface area contributed by atoms with Crippen LogP contribution in [0.2, 0.25) is 5.02 Å². The number of carbonyl (C=O) groups is 2. The summed E-state index contributed by atoms with van der Waals surface area (Å²) in [6, 6.07) is 20.6. The van der Waals surface area contributed by atoms with Crippen molar-refractivity contribution in [1.82, 2.24) is 5.32 Å². The van der Waals surface area contributed by atoms with Crippen molar-refractivity contribution in [2.24, 2.45) is 0 Å². The molecule has 0 fully saturated rings. The number of nitrogens with zero attached hydrogens (tertiary/aromatic N) is 1. The van der Waals surface area contributed by atoms with E-state index in [1.165, 1.54) is 30.3 Å². The van der Waals surface area contributed by atoms with Crippen LogP contribution in [-0.4, -0.2) is 16.7 Å². The van der Waals surface area contributed by atoms with Gasteiger partial charge in [-0.05, 0) is 48.0 Å². The lowest BCUT2D eigenvalue weighted by atomic mass is 10.1. The van der Waals surface area contributed by atoms with Crippen molar-refractivity contribution in [3.05, 3.63) is 111 Å². The van der Waals surface area contributed by atoms with Gasteiger partial charge in [-0.25, -0.2) is 0 Å². The average Bonchev–Trinajstić information content (AvgIpc) is 2.75. The zero-order valence-electron chi connectivity index (χ0n) is 15.5. The molecular formula is C22H16ClN3O4. The number of halogens is 1. The molecule has 2 amide bonds. The van der Waals surface area contributed by atoms with Crippen molar-refractivity contribution in [3.8, 4) is 0 Å². The van der Waals surface area contributed by atoms with Crippen LogP contribution in [0.15, 0.2) is 84.6 Å². The monoisotopic (exact) mass is 421 g/mol. The summed E-state index contributed by atoms with van der Waals surface area (Å²) < 4.78 is 0. The van der Waals surface area contributed by atoms with Crippen molar-refractivity contribution in [2.45, 2.75) is 0 Å². The van der Waals surface area contributed by atoms with E-state index < -0.39 is 16.7 Å². The van der Waals surface area contributed by atoms with E-state index in [2.05, 4.69) is 10.6 Å². The number of carbonyl (C=O) groups excluding carboxylic acids is 2. The highest BCUT2D eigenvalue weighted by atomic mass is 35.5. The number of anilines is 1. The molecule has 2 N–H and O–H groups in total. The van der Waals surface area contributed by atoms with Gasteiger partial charge >= 0.3 is 0 Å². The quantitative estimate of drug-likeness (QED) is 0.343. The summed E-state index contributed by atoms with van der Waals surface area (Å²) in [5.41, 5.74) is 1.30. The predicted octanol–water partition coefficient (Wildman–Crippen LogP) is 4.66. The standard InChI is InChI=1S/C22H16ClN3O4/c23-17-8-6-15(7-9-17)14-20(25-21(27)16-4-2-1-3-5-16)22(28)24-18-10-12-19(13-11-18)26(29)30/h1-14H,(H,24,28)(H,25,27)/b20-14-. The fraction of sp³-hybridized carbons (Fsp3) is 0. The number of hydrogen-bond donors (Lipinski definition) is 2. The Labute approximate surface area is 177 Å². The summed E-state index contributed by atoms with van der Waals surface area (Å²) >= 11 is 5.90. The molecule has 3 rings (SSSR count). The van der Waals surface area contributed by atoms with Crippen LogP contribution in [0.3, 0.4) is 0 Å². The van der Waals surface area contributed by atoms with Crippen molar-refractivity contribution < 1.29 is 14.5 Å². The molecule has 3 aromatic rings. The molecular weight excluding hydrogens is 406 g/mol. The van der Waals surface area contributed by atoms with Gasteiger partial charge in [-0.2, -0.15) is 0 Å². The average molecular weight is 422 g/mol. The fourth-order valence-electron chi connectivity index (χ4n) is 2.53. The van der Waals surface area contributed by atoms with Gasteiger partial charge in [0.25, 0.3) is 17.5 Å². The SMILES string of the molecule is O=C(Nc1ccc([N+](=O)[O-])cc1)/C(=C/c1ccc(Cl)cc1)NC(=O)c1ccccc1. The van der Waals surface area contributed by atoms with Crippen LogP contribution in [0.1, 0.15) is 15.9 Å². The van der Waals surface area contributed by atoms with E-state index in [-0.39, 0.29) is 11.4 Å². The van der Waals surface area contributed by atoms with Gasteiger partial charge in [0.1, 0.15) is 5.70 Å². The minimum atomic E-state index is -0.580. The van der Waals surface area contributed by atoms with E-state index in [0.29, 0.717) is 21.8 Å². The molecule has 30 heavy (non-hydrogen) atoms. The van der Waals surface area contributed by atoms with Gasteiger partial charge in [0.15, 0.2) is 0 Å². The van der Waals surface area contributed by atoms with E-state index in [0.717, 1.165) is 0 Å². The highest BCUT2D eigenvalue weighted by molar-refractivity contribution is 6.30. The van der Waals surface area contributed by atoms with Crippen LogP contribution in [0.25, 0.3) is 6.08 Å². The molecule has 0 aliphatic rings. The van der Waals surface area contributed by atoms with Gasteiger partial charge in [-0.3, -0.25) is 19.7 Å². The van der Waals surface area contributed by atoms with Crippen LogP contribution < -0.4 is 10.6 Å². The third-order valence-corrected chi connectivity index (χ3v) is 4.30. The zero-order valence-corrected chi connectivity index (χ0v) is 16.3. The smallest absolute Gasteiger partial charge is 0.272 e. The summed E-state index contributed by atoms with van der Waals surface area (Å²) in [6.07, 6.45) is 1.51. The molecule has 7 nitrogen and oxygen atoms in total. The molecule has 0 heterocycles. The maximum Gasteiger partial charge on any atom is 0.272 e. The Morgan fingerprint density at radius 3 is 2.13 bits per heavy atom. The summed E-state index contributed by atoms with van der Waals surface area (Å²) in [5, 5.41) is 16.6. The topological polar surface area (TPSA) is 101 Å². The van der Waals surface area contributed by atoms with Gasteiger partial charge in [0.2, 0.25) is 0 Å². The number of rotatable bonds is 6. The Balaban J connectivity index is 1.85. The minimum absolute atomic E-state index is 0.00419. The number of benzene rings is 3. The second-order valence-electron chi connectivity index (χ2n) is 6.19. The summed E-state index contributed by atoms with van der Waals surface area (Å²) in [7, 11) is 0. The summed E-state index contributed by atoms with van der Waals surface area (Å²) in [4.78, 5) is 35.6. The molecule has 0 aliphatic carbocycles. The minimum Gasteiger partial charge on any atom is -0.321 e. The van der Waals surface area contributed by atoms with Crippen LogP contribution in [0.4, 0.5) is 11.4 Å². The number of amides is 2. The van der Waals surface area contributed by atoms with E-state index in [9.17, 15) is 19.7 Å². The van der Waals surface area contributed by atoms with E-state index >= 15 is 0 Å². The first-order valence-corrected chi connectivity index (χ1v) is 9.19.